The molecule has 1 saturated heterocycles. The highest BCUT2D eigenvalue weighted by molar-refractivity contribution is 7.81. The Kier molecular flexibility index (Phi) is 8.43. The van der Waals surface area contributed by atoms with Gasteiger partial charge >= 0.3 is 0 Å². The highest BCUT2D eigenvalue weighted by atomic mass is 35.5. The summed E-state index contributed by atoms with van der Waals surface area (Å²) in [5.74, 6) is 0.936. The second-order valence-electron chi connectivity index (χ2n) is 8.46. The number of aromatic nitrogens is 1. The van der Waals surface area contributed by atoms with Crippen molar-refractivity contribution in [2.24, 2.45) is 5.92 Å². The molecule has 35 heavy (non-hydrogen) atoms. The third kappa shape index (κ3) is 6.04. The molecule has 0 aliphatic carbocycles. The summed E-state index contributed by atoms with van der Waals surface area (Å²) in [6.45, 7) is 4.25. The van der Waals surface area contributed by atoms with Crippen LogP contribution in [0.5, 0.6) is 11.5 Å². The van der Waals surface area contributed by atoms with Gasteiger partial charge in [-0.15, -0.1) is 0 Å². The standard InChI is InChI=1S/C25H29ClN4O4S/c1-15-11-29-24(31)21(25(35)30-19-7-3-6-18(26)23(19)32-2)22(15)28-12-16-8-9-27-13-20(16)34-14-17-5-4-10-33-17/h3,6-9,13,15,17,28H,4-5,10-12,14H2,1-2H3,(H,29,31)(H,30,35)/t15?,17-/m0/s1. The predicted molar refractivity (Wildman–Crippen MR) is 139 cm³/mol. The highest BCUT2D eigenvalue weighted by Gasteiger charge is 2.29. The first kappa shape index (κ1) is 25.2. The van der Waals surface area contributed by atoms with E-state index in [1.165, 1.54) is 7.11 Å². The summed E-state index contributed by atoms with van der Waals surface area (Å²) in [5, 5.41) is 9.92. The van der Waals surface area contributed by atoms with E-state index in [1.807, 2.05) is 13.0 Å². The van der Waals surface area contributed by atoms with E-state index < -0.39 is 0 Å². The van der Waals surface area contributed by atoms with Crippen LogP contribution in [-0.4, -0.2) is 48.9 Å². The molecule has 2 aliphatic rings. The van der Waals surface area contributed by atoms with Crippen molar-refractivity contribution in [1.82, 2.24) is 15.6 Å². The van der Waals surface area contributed by atoms with E-state index >= 15 is 0 Å². The zero-order valence-electron chi connectivity index (χ0n) is 19.7. The maximum atomic E-state index is 12.9. The molecule has 2 atom stereocenters. The number of nitrogens with one attached hydrogen (secondary N) is 3. The molecular weight excluding hydrogens is 488 g/mol. The van der Waals surface area contributed by atoms with Crippen molar-refractivity contribution in [2.45, 2.75) is 32.4 Å². The number of thiocarbonyl (C=S) groups is 1. The Bertz CT molecular complexity index is 1120. The monoisotopic (exact) mass is 516 g/mol. The number of para-hydroxylation sites is 1. The van der Waals surface area contributed by atoms with Gasteiger partial charge < -0.3 is 30.2 Å². The maximum Gasteiger partial charge on any atom is 0.256 e. The zero-order chi connectivity index (χ0) is 24.8. The van der Waals surface area contributed by atoms with Gasteiger partial charge in [-0.25, -0.2) is 0 Å². The van der Waals surface area contributed by atoms with Crippen molar-refractivity contribution in [2.75, 3.05) is 32.2 Å². The Balaban J connectivity index is 1.53. The van der Waals surface area contributed by atoms with Gasteiger partial charge in [0.2, 0.25) is 0 Å². The van der Waals surface area contributed by atoms with Gasteiger partial charge in [0.15, 0.2) is 5.75 Å². The normalized spacial score (nSPS) is 19.8. The molecule has 1 fully saturated rings. The lowest BCUT2D eigenvalue weighted by Crippen LogP contribution is -2.43. The Morgan fingerprint density at radius 3 is 3.00 bits per heavy atom. The van der Waals surface area contributed by atoms with Gasteiger partial charge in [0.25, 0.3) is 5.91 Å². The summed E-state index contributed by atoms with van der Waals surface area (Å²) in [4.78, 5) is 17.4. The van der Waals surface area contributed by atoms with Crippen molar-refractivity contribution < 1.29 is 19.0 Å². The first-order chi connectivity index (χ1) is 17.0. The summed E-state index contributed by atoms with van der Waals surface area (Å²) < 4.78 is 17.1. The van der Waals surface area contributed by atoms with E-state index in [1.54, 1.807) is 30.6 Å². The largest absolute Gasteiger partial charge is 0.493 e. The van der Waals surface area contributed by atoms with Crippen LogP contribution in [0.15, 0.2) is 47.9 Å². The van der Waals surface area contributed by atoms with Crippen LogP contribution in [0.2, 0.25) is 5.02 Å². The molecule has 4 rings (SSSR count). The molecule has 1 aromatic carbocycles. The molecule has 3 N–H and O–H groups in total. The molecule has 0 spiro atoms. The number of pyridine rings is 1. The summed E-state index contributed by atoms with van der Waals surface area (Å²) in [6.07, 6.45) is 5.59. The van der Waals surface area contributed by atoms with E-state index in [4.69, 9.17) is 38.0 Å². The average molecular weight is 517 g/mol. The molecule has 186 valence electrons. The van der Waals surface area contributed by atoms with Crippen LogP contribution in [0.25, 0.3) is 0 Å². The average Bonchev–Trinajstić information content (AvgIpc) is 3.37. The molecule has 2 aromatic rings. The number of carbonyl (C=O) groups is 1. The first-order valence-corrected chi connectivity index (χ1v) is 12.3. The fourth-order valence-electron chi connectivity index (χ4n) is 4.13. The lowest BCUT2D eigenvalue weighted by molar-refractivity contribution is -0.117. The third-order valence-electron chi connectivity index (χ3n) is 5.99. The van der Waals surface area contributed by atoms with Crippen LogP contribution in [0.1, 0.15) is 25.3 Å². The van der Waals surface area contributed by atoms with Gasteiger partial charge in [-0.3, -0.25) is 9.78 Å². The van der Waals surface area contributed by atoms with Gasteiger partial charge in [-0.05, 0) is 31.0 Å². The molecule has 0 bridgehead atoms. The quantitative estimate of drug-likeness (QED) is 0.433. The minimum Gasteiger partial charge on any atom is -0.493 e. The summed E-state index contributed by atoms with van der Waals surface area (Å²) >= 11 is 11.9. The Labute approximate surface area is 215 Å². The molecule has 10 heteroatoms. The number of methoxy groups -OCH3 is 1. The molecule has 8 nitrogen and oxygen atoms in total. The number of hydrogen-bond acceptors (Lipinski definition) is 7. The lowest BCUT2D eigenvalue weighted by Gasteiger charge is -2.28. The third-order valence-corrected chi connectivity index (χ3v) is 6.60. The van der Waals surface area contributed by atoms with Gasteiger partial charge in [0, 0.05) is 43.1 Å². The number of halogens is 1. The topological polar surface area (TPSA) is 93.7 Å². The smallest absolute Gasteiger partial charge is 0.256 e. The summed E-state index contributed by atoms with van der Waals surface area (Å²) in [7, 11) is 1.53. The van der Waals surface area contributed by atoms with Gasteiger partial charge in [0.1, 0.15) is 17.3 Å². The second kappa shape index (κ2) is 11.7. The fourth-order valence-corrected chi connectivity index (χ4v) is 4.69. The molecular formula is C25H29ClN4O4S. The summed E-state index contributed by atoms with van der Waals surface area (Å²) in [5.41, 5.74) is 2.66. The lowest BCUT2D eigenvalue weighted by atomic mass is 9.97. The minimum absolute atomic E-state index is 0.0294. The Hall–Kier alpha value is -2.88. The molecule has 1 unspecified atom stereocenters. The second-order valence-corrected chi connectivity index (χ2v) is 9.27. The van der Waals surface area contributed by atoms with E-state index in [0.29, 0.717) is 47.5 Å². The number of hydrogen-bond donors (Lipinski definition) is 3. The van der Waals surface area contributed by atoms with Crippen LogP contribution in [0.4, 0.5) is 5.69 Å². The van der Waals surface area contributed by atoms with Gasteiger partial charge in [-0.1, -0.05) is 36.8 Å². The van der Waals surface area contributed by atoms with Gasteiger partial charge in [-0.2, -0.15) is 0 Å². The molecule has 0 radical (unpaired) electrons. The number of ether oxygens (including phenoxy) is 3. The van der Waals surface area contributed by atoms with Gasteiger partial charge in [0.05, 0.1) is 35.7 Å². The molecule has 0 saturated carbocycles. The summed E-state index contributed by atoms with van der Waals surface area (Å²) in [6, 6.07) is 7.21. The van der Waals surface area contributed by atoms with Crippen molar-refractivity contribution in [3.05, 3.63) is 58.5 Å². The first-order valence-electron chi connectivity index (χ1n) is 11.5. The Morgan fingerprint density at radius 1 is 1.37 bits per heavy atom. The number of carbonyl (C=O) groups excluding carboxylic acids is 1. The number of anilines is 1. The van der Waals surface area contributed by atoms with Crippen molar-refractivity contribution >= 4 is 40.4 Å². The van der Waals surface area contributed by atoms with Crippen LogP contribution in [-0.2, 0) is 16.1 Å². The SMILES string of the molecule is COc1c(Cl)cccc1NC(=S)C1=C(NCc2ccncc2OC[C@@H]2CCCO2)C(C)CNC1=O. The number of amides is 1. The van der Waals surface area contributed by atoms with Crippen LogP contribution in [0, 0.1) is 5.92 Å². The van der Waals surface area contributed by atoms with Crippen LogP contribution < -0.4 is 25.4 Å². The van der Waals surface area contributed by atoms with E-state index in [9.17, 15) is 4.79 Å². The zero-order valence-corrected chi connectivity index (χ0v) is 21.3. The minimum atomic E-state index is -0.242. The highest BCUT2D eigenvalue weighted by Crippen LogP contribution is 2.33. The Morgan fingerprint density at radius 2 is 2.23 bits per heavy atom. The molecule has 1 amide bonds. The van der Waals surface area contributed by atoms with Crippen molar-refractivity contribution in [3.8, 4) is 11.5 Å². The fraction of sp³-hybridized carbons (Fsp3) is 0.400. The van der Waals surface area contributed by atoms with E-state index in [-0.39, 0.29) is 22.9 Å². The van der Waals surface area contributed by atoms with Crippen LogP contribution in [0.3, 0.4) is 0 Å². The number of nitrogens with zero attached hydrogens (tertiary/aromatic N) is 1. The van der Waals surface area contributed by atoms with Crippen LogP contribution >= 0.6 is 23.8 Å². The molecule has 1 aromatic heterocycles. The molecule has 2 aliphatic heterocycles. The number of benzene rings is 1. The maximum absolute atomic E-state index is 12.9. The van der Waals surface area contributed by atoms with Crippen molar-refractivity contribution in [3.63, 3.8) is 0 Å². The van der Waals surface area contributed by atoms with Crippen molar-refractivity contribution in [1.29, 1.82) is 0 Å². The van der Waals surface area contributed by atoms with E-state index in [2.05, 4.69) is 20.9 Å². The molecule has 3 heterocycles. The number of rotatable bonds is 9. The predicted octanol–water partition coefficient (Wildman–Crippen LogP) is 3.85. The van der Waals surface area contributed by atoms with E-state index in [0.717, 1.165) is 30.7 Å².